The van der Waals surface area contributed by atoms with Crippen LogP contribution in [-0.4, -0.2) is 113 Å². The molecule has 3 aliphatic rings. The minimum atomic E-state index is -1.09. The standard InChI is InChI=1S/C35H43N7O6/c43-25-17-30-33(46)40-28(15-22-7-2-1-3-8-22)32(45)37-13-14-41(34(47)23-9-6-12-36-18-23)21-31(44)39-29(35(48)42(30)20-25)16-24-19-38-27-11-5-4-10-26(24)27/h1-5,7-8,10-11,19,23,25,28-30,36,38,43H,6,9,12-18,20-21H2,(H,37,45)(H,39,44)(H,40,46)/t23-,25-,28+,29-,30+/m1/s1. The highest BCUT2D eigenvalue weighted by atomic mass is 16.3. The summed E-state index contributed by atoms with van der Waals surface area (Å²) in [5, 5.41) is 23.4. The molecule has 48 heavy (non-hydrogen) atoms. The second-order valence-electron chi connectivity index (χ2n) is 12.9. The summed E-state index contributed by atoms with van der Waals surface area (Å²) in [6, 6.07) is 13.8. The van der Waals surface area contributed by atoms with Crippen molar-refractivity contribution in [2.45, 2.75) is 56.3 Å². The molecule has 2 aromatic carbocycles. The van der Waals surface area contributed by atoms with Gasteiger partial charge in [0.05, 0.1) is 18.6 Å². The van der Waals surface area contributed by atoms with E-state index in [1.165, 1.54) is 9.80 Å². The van der Waals surface area contributed by atoms with Crippen molar-refractivity contribution in [3.05, 3.63) is 71.9 Å². The first kappa shape index (κ1) is 33.2. The van der Waals surface area contributed by atoms with Crippen LogP contribution >= 0.6 is 0 Å². The lowest BCUT2D eigenvalue weighted by molar-refractivity contribution is -0.143. The molecule has 0 saturated carbocycles. The largest absolute Gasteiger partial charge is 0.391 e. The summed E-state index contributed by atoms with van der Waals surface area (Å²) in [5.74, 6) is -2.60. The van der Waals surface area contributed by atoms with Gasteiger partial charge in [0.2, 0.25) is 29.5 Å². The predicted octanol–water partition coefficient (Wildman–Crippen LogP) is -0.157. The molecule has 0 aliphatic carbocycles. The van der Waals surface area contributed by atoms with E-state index >= 15 is 0 Å². The number of aromatic nitrogens is 1. The van der Waals surface area contributed by atoms with Crippen molar-refractivity contribution >= 4 is 40.4 Å². The van der Waals surface area contributed by atoms with Crippen molar-refractivity contribution in [3.8, 4) is 0 Å². The van der Waals surface area contributed by atoms with Crippen molar-refractivity contribution in [2.75, 3.05) is 39.3 Å². The molecule has 3 fully saturated rings. The Kier molecular flexibility index (Phi) is 10.4. The number of fused-ring (bicyclic) bond motifs is 2. The van der Waals surface area contributed by atoms with E-state index in [9.17, 15) is 29.1 Å². The monoisotopic (exact) mass is 657 g/mol. The number of para-hydroxylation sites is 1. The molecular weight excluding hydrogens is 614 g/mol. The zero-order valence-corrected chi connectivity index (χ0v) is 26.8. The summed E-state index contributed by atoms with van der Waals surface area (Å²) in [6.45, 7) is 1.03. The SMILES string of the molecule is O=C1CN(C(=O)[C@@H]2CCCNC2)CCNC(=O)[C@H](Cc2ccccc2)NC(=O)[C@@H]2C[C@@H](O)CN2C(=O)[C@@H](Cc2c[nH]c3ccccc23)N1. The molecule has 4 heterocycles. The Balaban J connectivity index is 1.32. The summed E-state index contributed by atoms with van der Waals surface area (Å²) in [4.78, 5) is 75.0. The molecule has 3 saturated heterocycles. The van der Waals surface area contributed by atoms with Gasteiger partial charge < -0.3 is 41.2 Å². The van der Waals surface area contributed by atoms with Crippen LogP contribution in [0.2, 0.25) is 0 Å². The fourth-order valence-electron chi connectivity index (χ4n) is 6.99. The van der Waals surface area contributed by atoms with Crippen LogP contribution in [0.3, 0.4) is 0 Å². The number of nitrogens with zero attached hydrogens (tertiary/aromatic N) is 2. The molecule has 3 aromatic rings. The number of hydrogen-bond acceptors (Lipinski definition) is 7. The Morgan fingerprint density at radius 2 is 1.69 bits per heavy atom. The molecule has 254 valence electrons. The van der Waals surface area contributed by atoms with Gasteiger partial charge in [-0.05, 0) is 36.6 Å². The van der Waals surface area contributed by atoms with Gasteiger partial charge in [-0.25, -0.2) is 0 Å². The first-order chi connectivity index (χ1) is 23.3. The molecule has 0 bridgehead atoms. The molecule has 13 heteroatoms. The third kappa shape index (κ3) is 7.69. The Morgan fingerprint density at radius 1 is 0.896 bits per heavy atom. The van der Waals surface area contributed by atoms with Crippen molar-refractivity contribution in [3.63, 3.8) is 0 Å². The maximum absolute atomic E-state index is 14.3. The lowest BCUT2D eigenvalue weighted by Crippen LogP contribution is -2.57. The molecule has 6 rings (SSSR count). The van der Waals surface area contributed by atoms with E-state index in [1.807, 2.05) is 54.6 Å². The van der Waals surface area contributed by atoms with Crippen molar-refractivity contribution in [1.82, 2.24) is 36.1 Å². The molecule has 6 N–H and O–H groups in total. The number of rotatable bonds is 5. The Morgan fingerprint density at radius 3 is 2.48 bits per heavy atom. The van der Waals surface area contributed by atoms with Crippen LogP contribution in [0, 0.1) is 5.92 Å². The summed E-state index contributed by atoms with van der Waals surface area (Å²) in [6.07, 6.45) is 2.64. The molecule has 13 nitrogen and oxygen atoms in total. The molecule has 0 unspecified atom stereocenters. The summed E-state index contributed by atoms with van der Waals surface area (Å²) in [7, 11) is 0. The van der Waals surface area contributed by atoms with Gasteiger partial charge in [-0.3, -0.25) is 24.0 Å². The summed E-state index contributed by atoms with van der Waals surface area (Å²) >= 11 is 0. The topological polar surface area (TPSA) is 176 Å². The molecule has 5 amide bonds. The van der Waals surface area contributed by atoms with Gasteiger partial charge in [0, 0.05) is 62.5 Å². The maximum Gasteiger partial charge on any atom is 0.246 e. The zero-order chi connectivity index (χ0) is 33.6. The third-order valence-electron chi connectivity index (χ3n) is 9.49. The second-order valence-corrected chi connectivity index (χ2v) is 12.9. The van der Waals surface area contributed by atoms with Gasteiger partial charge >= 0.3 is 0 Å². The van der Waals surface area contributed by atoms with Crippen LogP contribution in [-0.2, 0) is 36.8 Å². The molecule has 0 radical (unpaired) electrons. The van der Waals surface area contributed by atoms with Crippen molar-refractivity contribution < 1.29 is 29.1 Å². The van der Waals surface area contributed by atoms with Gasteiger partial charge in [-0.2, -0.15) is 0 Å². The van der Waals surface area contributed by atoms with E-state index in [0.29, 0.717) is 13.0 Å². The number of nitrogens with one attached hydrogen (secondary N) is 5. The number of carbonyl (C=O) groups is 5. The van der Waals surface area contributed by atoms with Crippen molar-refractivity contribution in [2.24, 2.45) is 5.92 Å². The van der Waals surface area contributed by atoms with E-state index in [0.717, 1.165) is 35.0 Å². The average Bonchev–Trinajstić information content (AvgIpc) is 3.70. The number of amides is 5. The maximum atomic E-state index is 14.3. The number of carbonyl (C=O) groups excluding carboxylic acids is 5. The Bertz CT molecular complexity index is 1640. The van der Waals surface area contributed by atoms with E-state index in [4.69, 9.17) is 0 Å². The highest BCUT2D eigenvalue weighted by Gasteiger charge is 2.43. The minimum Gasteiger partial charge on any atom is -0.391 e. The third-order valence-corrected chi connectivity index (χ3v) is 9.49. The first-order valence-electron chi connectivity index (χ1n) is 16.7. The Labute approximate surface area is 278 Å². The molecule has 0 spiro atoms. The number of aliphatic hydroxyl groups excluding tert-OH is 1. The lowest BCUT2D eigenvalue weighted by Gasteiger charge is -2.31. The Hall–Kier alpha value is -4.75. The number of aromatic amines is 1. The quantitative estimate of drug-likeness (QED) is 0.221. The molecule has 5 atom stereocenters. The van der Waals surface area contributed by atoms with Gasteiger partial charge in [-0.15, -0.1) is 0 Å². The minimum absolute atomic E-state index is 0.0112. The van der Waals surface area contributed by atoms with Crippen LogP contribution in [0.15, 0.2) is 60.8 Å². The number of hydrogen-bond donors (Lipinski definition) is 6. The molecule has 3 aliphatic heterocycles. The lowest BCUT2D eigenvalue weighted by atomic mass is 9.98. The van der Waals surface area contributed by atoms with E-state index in [1.54, 1.807) is 6.20 Å². The van der Waals surface area contributed by atoms with Crippen LogP contribution in [0.4, 0.5) is 0 Å². The van der Waals surface area contributed by atoms with E-state index in [-0.39, 0.29) is 57.3 Å². The number of H-pyrrole nitrogens is 1. The van der Waals surface area contributed by atoms with Crippen LogP contribution in [0.25, 0.3) is 10.9 Å². The average molecular weight is 658 g/mol. The van der Waals surface area contributed by atoms with Gasteiger partial charge in [0.25, 0.3) is 0 Å². The van der Waals surface area contributed by atoms with Crippen LogP contribution in [0.5, 0.6) is 0 Å². The highest BCUT2D eigenvalue weighted by Crippen LogP contribution is 2.24. The van der Waals surface area contributed by atoms with Crippen molar-refractivity contribution in [1.29, 1.82) is 0 Å². The zero-order valence-electron chi connectivity index (χ0n) is 26.8. The summed E-state index contributed by atoms with van der Waals surface area (Å²) in [5.41, 5.74) is 2.49. The fraction of sp³-hybridized carbons (Fsp3) is 0.457. The van der Waals surface area contributed by atoms with Gasteiger partial charge in [0.15, 0.2) is 0 Å². The highest BCUT2D eigenvalue weighted by molar-refractivity contribution is 5.96. The molecule has 1 aromatic heterocycles. The van der Waals surface area contributed by atoms with E-state index < -0.39 is 47.9 Å². The fourth-order valence-corrected chi connectivity index (χ4v) is 6.99. The number of benzene rings is 2. The van der Waals surface area contributed by atoms with Crippen LogP contribution in [0.1, 0.15) is 30.4 Å². The van der Waals surface area contributed by atoms with E-state index in [2.05, 4.69) is 26.3 Å². The predicted molar refractivity (Wildman–Crippen MR) is 177 cm³/mol. The number of piperidine rings is 1. The smallest absolute Gasteiger partial charge is 0.246 e. The normalized spacial score (nSPS) is 26.2. The van der Waals surface area contributed by atoms with Crippen LogP contribution < -0.4 is 21.3 Å². The summed E-state index contributed by atoms with van der Waals surface area (Å²) < 4.78 is 0. The van der Waals surface area contributed by atoms with Gasteiger partial charge in [0.1, 0.15) is 18.1 Å². The molecular formula is C35H43N7O6. The van der Waals surface area contributed by atoms with Gasteiger partial charge in [-0.1, -0.05) is 48.5 Å². The second kappa shape index (κ2) is 15.0. The number of aliphatic hydroxyl groups is 1. The first-order valence-corrected chi connectivity index (χ1v) is 16.7.